The van der Waals surface area contributed by atoms with Gasteiger partial charge in [0.05, 0.1) is 0 Å². The molecule has 0 aliphatic carbocycles. The van der Waals surface area contributed by atoms with Crippen LogP contribution in [0.25, 0.3) is 0 Å². The van der Waals surface area contributed by atoms with Crippen molar-refractivity contribution in [3.8, 4) is 0 Å². The van der Waals surface area contributed by atoms with E-state index in [2.05, 4.69) is 6.92 Å². The third-order valence-corrected chi connectivity index (χ3v) is 4.49. The molecule has 0 unspecified atom stereocenters. The van der Waals surface area contributed by atoms with E-state index in [4.69, 9.17) is 5.11 Å². The molecule has 0 fully saturated rings. The van der Waals surface area contributed by atoms with Crippen molar-refractivity contribution in [3.63, 3.8) is 0 Å². The number of rotatable bonds is 18. The number of hydrogen-bond donors (Lipinski definition) is 1. The Balaban J connectivity index is -0.000000735. The van der Waals surface area contributed by atoms with Crippen LogP contribution in [0.15, 0.2) is 0 Å². The van der Waals surface area contributed by atoms with Crippen LogP contribution in [-0.4, -0.2) is 34.1 Å². The smallest absolute Gasteiger partial charge is 1.00 e. The number of hydrogen-bond acceptors (Lipinski definition) is 1. The second-order valence-corrected chi connectivity index (χ2v) is 6.80. The summed E-state index contributed by atoms with van der Waals surface area (Å²) in [6, 6.07) is 0. The van der Waals surface area contributed by atoms with Crippen molar-refractivity contribution >= 4 is 29.0 Å². The monoisotopic (exact) mass is 338 g/mol. The van der Waals surface area contributed by atoms with Gasteiger partial charge in [-0.05, 0) is 6.42 Å². The molecule has 3 heteroatoms. The van der Waals surface area contributed by atoms with Crippen LogP contribution in [0, 0.1) is 0 Å². The summed E-state index contributed by atoms with van der Waals surface area (Å²) in [5.74, 6) is -0.652. The normalized spacial score (nSPS) is 10.5. The van der Waals surface area contributed by atoms with E-state index in [9.17, 15) is 4.79 Å². The van der Waals surface area contributed by atoms with E-state index in [1.54, 1.807) is 0 Å². The first-order valence-corrected chi connectivity index (χ1v) is 9.99. The van der Waals surface area contributed by atoms with E-state index in [1.165, 1.54) is 96.3 Å². The van der Waals surface area contributed by atoms with Crippen LogP contribution in [0.4, 0.5) is 0 Å². The Morgan fingerprint density at radius 2 is 0.870 bits per heavy atom. The van der Waals surface area contributed by atoms with Gasteiger partial charge in [-0.1, -0.05) is 110 Å². The van der Waals surface area contributed by atoms with Crippen molar-refractivity contribution in [3.05, 3.63) is 0 Å². The van der Waals surface area contributed by atoms with Gasteiger partial charge in [-0.25, -0.2) is 0 Å². The molecule has 0 aromatic carbocycles. The minimum Gasteiger partial charge on any atom is -1.00 e. The van der Waals surface area contributed by atoms with Crippen molar-refractivity contribution in [2.75, 3.05) is 0 Å². The number of carboxylic acids is 1. The van der Waals surface area contributed by atoms with Gasteiger partial charge in [-0.3, -0.25) is 4.79 Å². The van der Waals surface area contributed by atoms with E-state index in [1.807, 2.05) is 0 Å². The predicted octanol–water partition coefficient (Wildman–Crippen LogP) is 6.96. The number of aliphatic carboxylic acids is 1. The van der Waals surface area contributed by atoms with Gasteiger partial charge in [0.1, 0.15) is 0 Å². The first-order chi connectivity index (χ1) is 10.8. The first-order valence-electron chi connectivity index (χ1n) is 9.99. The summed E-state index contributed by atoms with van der Waals surface area (Å²) >= 11 is 0. The van der Waals surface area contributed by atoms with Crippen molar-refractivity contribution in [2.24, 2.45) is 0 Å². The Morgan fingerprint density at radius 1 is 0.609 bits per heavy atom. The van der Waals surface area contributed by atoms with Gasteiger partial charge in [0.2, 0.25) is 0 Å². The zero-order valence-electron chi connectivity index (χ0n) is 17.8. The van der Waals surface area contributed by atoms with Crippen LogP contribution in [0.2, 0.25) is 0 Å². The van der Waals surface area contributed by atoms with Crippen molar-refractivity contribution in [2.45, 2.75) is 122 Å². The molecule has 0 atom stereocenters. The Morgan fingerprint density at radius 3 is 1.13 bits per heavy atom. The minimum absolute atomic E-state index is 0. The third kappa shape index (κ3) is 24.6. The minimum atomic E-state index is -0.652. The van der Waals surface area contributed by atoms with Gasteiger partial charge in [-0.2, -0.15) is 0 Å². The average molecular weight is 339 g/mol. The molecule has 0 amide bonds. The number of carboxylic acid groups (broad SMARTS) is 1. The number of carbonyl (C=O) groups is 1. The van der Waals surface area contributed by atoms with Gasteiger partial charge in [0.15, 0.2) is 0 Å². The van der Waals surface area contributed by atoms with Gasteiger partial charge in [0.25, 0.3) is 0 Å². The molecule has 0 spiro atoms. The summed E-state index contributed by atoms with van der Waals surface area (Å²) in [5.41, 5.74) is 0. The standard InChI is InChI=1S/C20H40O2.Mg.2H/c1-2-3-4-5-6-7-8-9-10-11-12-13-14-15-16-17-18-19-20(21)22;;;/h2-19H2,1H3,(H,21,22);;;/q;+2;2*-1. The molecule has 0 aromatic heterocycles. The molecule has 2 nitrogen and oxygen atoms in total. The molecule has 136 valence electrons. The van der Waals surface area contributed by atoms with Crippen LogP contribution in [0.5, 0.6) is 0 Å². The van der Waals surface area contributed by atoms with Crippen LogP contribution in [-0.2, 0) is 4.79 Å². The second-order valence-electron chi connectivity index (χ2n) is 6.80. The van der Waals surface area contributed by atoms with Crippen molar-refractivity contribution < 1.29 is 12.8 Å². The van der Waals surface area contributed by atoms with E-state index in [0.717, 1.165) is 12.8 Å². The summed E-state index contributed by atoms with van der Waals surface area (Å²) < 4.78 is 0. The molecule has 1 N–H and O–H groups in total. The van der Waals surface area contributed by atoms with Gasteiger partial charge >= 0.3 is 29.0 Å². The van der Waals surface area contributed by atoms with Gasteiger partial charge in [0, 0.05) is 6.42 Å². The Hall–Kier alpha value is 0.236. The summed E-state index contributed by atoms with van der Waals surface area (Å²) in [4.78, 5) is 10.4. The van der Waals surface area contributed by atoms with E-state index in [0.29, 0.717) is 6.42 Å². The fraction of sp³-hybridized carbons (Fsp3) is 0.950. The zero-order valence-corrected chi connectivity index (χ0v) is 17.2. The van der Waals surface area contributed by atoms with Crippen LogP contribution < -0.4 is 0 Å². The van der Waals surface area contributed by atoms with Crippen LogP contribution >= 0.6 is 0 Å². The Kier molecular flexibility index (Phi) is 24.6. The van der Waals surface area contributed by atoms with E-state index in [-0.39, 0.29) is 25.9 Å². The molecule has 0 aliphatic rings. The largest absolute Gasteiger partial charge is 2.00 e. The van der Waals surface area contributed by atoms with E-state index >= 15 is 0 Å². The fourth-order valence-electron chi connectivity index (χ4n) is 3.00. The Labute approximate surface area is 164 Å². The maximum Gasteiger partial charge on any atom is 2.00 e. The average Bonchev–Trinajstić information content (AvgIpc) is 2.50. The molecule has 0 saturated heterocycles. The van der Waals surface area contributed by atoms with E-state index < -0.39 is 5.97 Å². The fourth-order valence-corrected chi connectivity index (χ4v) is 3.00. The summed E-state index contributed by atoms with van der Waals surface area (Å²) in [6.07, 6.45) is 23.1. The van der Waals surface area contributed by atoms with Gasteiger partial charge in [-0.15, -0.1) is 0 Å². The maximum atomic E-state index is 10.4. The summed E-state index contributed by atoms with van der Waals surface area (Å²) in [5, 5.41) is 8.54. The zero-order chi connectivity index (χ0) is 16.3. The molecule has 0 saturated carbocycles. The third-order valence-electron chi connectivity index (χ3n) is 4.49. The molecular weight excluding hydrogens is 297 g/mol. The number of unbranched alkanes of at least 4 members (excludes halogenated alkanes) is 16. The van der Waals surface area contributed by atoms with Crippen LogP contribution in [0.1, 0.15) is 125 Å². The quantitative estimate of drug-likeness (QED) is 0.217. The molecule has 0 radical (unpaired) electrons. The van der Waals surface area contributed by atoms with Gasteiger partial charge < -0.3 is 7.96 Å². The van der Waals surface area contributed by atoms with Crippen LogP contribution in [0.3, 0.4) is 0 Å². The first kappa shape index (κ1) is 25.5. The SMILES string of the molecule is CCCCCCCCCCCCCCCCCCCC(=O)O.[H-].[H-].[Mg+2]. The molecular formula is C20H42MgO2. The van der Waals surface area contributed by atoms with Crippen molar-refractivity contribution in [1.82, 2.24) is 0 Å². The molecule has 23 heavy (non-hydrogen) atoms. The van der Waals surface area contributed by atoms with Crippen molar-refractivity contribution in [1.29, 1.82) is 0 Å². The molecule has 0 aromatic rings. The summed E-state index contributed by atoms with van der Waals surface area (Å²) in [6.45, 7) is 2.28. The second kappa shape index (κ2) is 22.2. The molecule has 0 aliphatic heterocycles. The topological polar surface area (TPSA) is 37.3 Å². The molecule has 0 bridgehead atoms. The Bertz CT molecular complexity index is 242. The molecule has 0 rings (SSSR count). The predicted molar refractivity (Wildman–Crippen MR) is 104 cm³/mol. The molecule has 0 heterocycles. The maximum absolute atomic E-state index is 10.4. The summed E-state index contributed by atoms with van der Waals surface area (Å²) in [7, 11) is 0.